The summed E-state index contributed by atoms with van der Waals surface area (Å²) in [5, 5.41) is 12.1. The summed E-state index contributed by atoms with van der Waals surface area (Å²) in [5.74, 6) is -1.38. The van der Waals surface area contributed by atoms with Crippen molar-refractivity contribution in [1.82, 2.24) is 0 Å². The molecule has 3 atom stereocenters. The number of hydrogen-bond acceptors (Lipinski definition) is 4. The quantitative estimate of drug-likeness (QED) is 0.480. The second-order valence-electron chi connectivity index (χ2n) is 8.66. The Bertz CT molecular complexity index is 1310. The Labute approximate surface area is 203 Å². The predicted molar refractivity (Wildman–Crippen MR) is 130 cm³/mol. The number of halogens is 2. The molecule has 2 N–H and O–H groups in total. The van der Waals surface area contributed by atoms with Gasteiger partial charge in [0, 0.05) is 17.3 Å². The Kier molecular flexibility index (Phi) is 7.07. The van der Waals surface area contributed by atoms with Crippen LogP contribution in [0.4, 0.5) is 10.1 Å². The molecule has 34 heavy (non-hydrogen) atoms. The topological polar surface area (TPSA) is 83.5 Å². The molecule has 0 bridgehead atoms. The molecule has 4 rings (SSSR count). The van der Waals surface area contributed by atoms with Gasteiger partial charge in [0.2, 0.25) is 5.91 Å². The van der Waals surface area contributed by atoms with Crippen LogP contribution in [0.5, 0.6) is 0 Å². The molecule has 1 aliphatic carbocycles. The molecule has 0 fully saturated rings. The number of nitrogens with one attached hydrogen (secondary N) is 1. The highest BCUT2D eigenvalue weighted by Crippen LogP contribution is 2.42. The van der Waals surface area contributed by atoms with E-state index in [-0.39, 0.29) is 35.6 Å². The number of carbonyl (C=O) groups excluding carboxylic acids is 1. The van der Waals surface area contributed by atoms with Crippen molar-refractivity contribution in [2.75, 3.05) is 11.9 Å². The lowest BCUT2D eigenvalue weighted by Crippen LogP contribution is -2.27. The van der Waals surface area contributed by atoms with E-state index < -0.39 is 21.0 Å². The maximum atomic E-state index is 13.6. The van der Waals surface area contributed by atoms with Crippen LogP contribution in [0.25, 0.3) is 0 Å². The third-order valence-corrected chi connectivity index (χ3v) is 8.68. The van der Waals surface area contributed by atoms with Crippen molar-refractivity contribution in [2.45, 2.75) is 35.8 Å². The Morgan fingerprint density at radius 3 is 2.56 bits per heavy atom. The highest BCUT2D eigenvalue weighted by Gasteiger charge is 2.37. The van der Waals surface area contributed by atoms with Gasteiger partial charge in [-0.15, -0.1) is 0 Å². The standard InChI is InChI=1S/C26H25ClFNO4S/c1-16(18-5-8-21(28)9-6-18)26(31)29-22-10-7-19-11-17(15-30)12-25(24(19)14-22)34(32,33)23-4-2-3-20(27)13-23/h2-10,13-14,16-17,25,30H,11-12,15H2,1H3,(H,29,31). The summed E-state index contributed by atoms with van der Waals surface area (Å²) in [6.07, 6.45) is 0.815. The number of benzene rings is 3. The third kappa shape index (κ3) is 5.02. The van der Waals surface area contributed by atoms with E-state index in [2.05, 4.69) is 5.32 Å². The first-order valence-corrected chi connectivity index (χ1v) is 12.9. The number of amides is 1. The molecule has 3 aromatic rings. The number of rotatable bonds is 6. The minimum absolute atomic E-state index is 0.116. The molecular weight excluding hydrogens is 477 g/mol. The smallest absolute Gasteiger partial charge is 0.231 e. The van der Waals surface area contributed by atoms with Gasteiger partial charge in [-0.1, -0.05) is 35.9 Å². The molecule has 178 valence electrons. The van der Waals surface area contributed by atoms with Crippen LogP contribution in [-0.4, -0.2) is 26.0 Å². The summed E-state index contributed by atoms with van der Waals surface area (Å²) in [7, 11) is -3.79. The number of carbonyl (C=O) groups is 1. The number of sulfone groups is 1. The van der Waals surface area contributed by atoms with Gasteiger partial charge < -0.3 is 10.4 Å². The van der Waals surface area contributed by atoms with E-state index in [9.17, 15) is 22.7 Å². The van der Waals surface area contributed by atoms with E-state index in [0.29, 0.717) is 28.3 Å². The van der Waals surface area contributed by atoms with Crippen LogP contribution in [0.15, 0.2) is 71.6 Å². The molecule has 0 heterocycles. The van der Waals surface area contributed by atoms with Gasteiger partial charge >= 0.3 is 0 Å². The maximum absolute atomic E-state index is 13.6. The van der Waals surface area contributed by atoms with Crippen LogP contribution < -0.4 is 5.32 Å². The Balaban J connectivity index is 1.66. The third-order valence-electron chi connectivity index (χ3n) is 6.34. The average Bonchev–Trinajstić information content (AvgIpc) is 2.83. The number of aliphatic hydroxyl groups excluding tert-OH is 1. The second-order valence-corrected chi connectivity index (χ2v) is 11.2. The summed E-state index contributed by atoms with van der Waals surface area (Å²) < 4.78 is 40.3. The SMILES string of the molecule is CC(C(=O)Nc1ccc2c(c1)C(S(=O)(=O)c1cccc(Cl)c1)CC(CO)C2)c1ccc(F)cc1. The van der Waals surface area contributed by atoms with Crippen molar-refractivity contribution in [3.8, 4) is 0 Å². The van der Waals surface area contributed by atoms with Gasteiger partial charge in [0.15, 0.2) is 9.84 Å². The van der Waals surface area contributed by atoms with Crippen molar-refractivity contribution in [1.29, 1.82) is 0 Å². The Morgan fingerprint density at radius 1 is 1.15 bits per heavy atom. The van der Waals surface area contributed by atoms with Gasteiger partial charge in [-0.3, -0.25) is 4.79 Å². The van der Waals surface area contributed by atoms with Crippen molar-refractivity contribution in [2.24, 2.45) is 5.92 Å². The highest BCUT2D eigenvalue weighted by molar-refractivity contribution is 7.91. The first-order chi connectivity index (χ1) is 16.2. The fraction of sp³-hybridized carbons (Fsp3) is 0.269. The summed E-state index contributed by atoms with van der Waals surface area (Å²) in [6.45, 7) is 1.61. The zero-order valence-electron chi connectivity index (χ0n) is 18.5. The first kappa shape index (κ1) is 24.4. The first-order valence-electron chi connectivity index (χ1n) is 11.0. The summed E-state index contributed by atoms with van der Waals surface area (Å²) in [4.78, 5) is 13.0. The molecule has 0 aromatic heterocycles. The molecule has 8 heteroatoms. The Morgan fingerprint density at radius 2 is 1.88 bits per heavy atom. The minimum atomic E-state index is -3.79. The summed E-state index contributed by atoms with van der Waals surface area (Å²) in [6, 6.07) is 17.1. The van der Waals surface area contributed by atoms with Crippen LogP contribution in [0.2, 0.25) is 5.02 Å². The molecule has 0 spiro atoms. The molecule has 0 saturated heterocycles. The van der Waals surface area contributed by atoms with Crippen molar-refractivity contribution in [3.63, 3.8) is 0 Å². The highest BCUT2D eigenvalue weighted by atomic mass is 35.5. The molecule has 3 aromatic carbocycles. The van der Waals surface area contributed by atoms with Crippen LogP contribution in [-0.2, 0) is 21.1 Å². The molecule has 0 radical (unpaired) electrons. The molecule has 3 unspecified atom stereocenters. The fourth-order valence-corrected chi connectivity index (χ4v) is 6.60. The molecule has 0 saturated carbocycles. The zero-order chi connectivity index (χ0) is 24.5. The lowest BCUT2D eigenvalue weighted by atomic mass is 9.83. The second kappa shape index (κ2) is 9.86. The van der Waals surface area contributed by atoms with Gasteiger partial charge in [-0.25, -0.2) is 12.8 Å². The number of aliphatic hydroxyl groups is 1. The lowest BCUT2D eigenvalue weighted by Gasteiger charge is -2.31. The molecular formula is C26H25ClFNO4S. The predicted octanol–water partition coefficient (Wildman–Crippen LogP) is 5.29. The van der Waals surface area contributed by atoms with E-state index in [4.69, 9.17) is 11.6 Å². The monoisotopic (exact) mass is 501 g/mol. The van der Waals surface area contributed by atoms with Gasteiger partial charge in [-0.2, -0.15) is 0 Å². The van der Waals surface area contributed by atoms with E-state index in [0.717, 1.165) is 5.56 Å². The minimum Gasteiger partial charge on any atom is -0.396 e. The average molecular weight is 502 g/mol. The van der Waals surface area contributed by atoms with Crippen LogP contribution in [0.1, 0.15) is 41.2 Å². The van der Waals surface area contributed by atoms with Crippen LogP contribution in [0, 0.1) is 11.7 Å². The number of hydrogen-bond donors (Lipinski definition) is 2. The number of anilines is 1. The largest absolute Gasteiger partial charge is 0.396 e. The van der Waals surface area contributed by atoms with Gasteiger partial charge in [0.05, 0.1) is 16.1 Å². The van der Waals surface area contributed by atoms with E-state index in [1.165, 1.54) is 24.3 Å². The summed E-state index contributed by atoms with van der Waals surface area (Å²) >= 11 is 6.04. The molecule has 1 aliphatic rings. The van der Waals surface area contributed by atoms with Gasteiger partial charge in [0.1, 0.15) is 5.82 Å². The van der Waals surface area contributed by atoms with Crippen molar-refractivity contribution in [3.05, 3.63) is 94.3 Å². The van der Waals surface area contributed by atoms with Crippen LogP contribution in [0.3, 0.4) is 0 Å². The normalized spacial score (nSPS) is 18.7. The molecule has 5 nitrogen and oxygen atoms in total. The molecule has 0 aliphatic heterocycles. The lowest BCUT2D eigenvalue weighted by molar-refractivity contribution is -0.117. The fourth-order valence-electron chi connectivity index (χ4n) is 4.38. The van der Waals surface area contributed by atoms with Crippen molar-refractivity contribution >= 4 is 33.0 Å². The zero-order valence-corrected chi connectivity index (χ0v) is 20.1. The van der Waals surface area contributed by atoms with E-state index in [1.807, 2.05) is 0 Å². The van der Waals surface area contributed by atoms with E-state index in [1.54, 1.807) is 49.4 Å². The van der Waals surface area contributed by atoms with Gasteiger partial charge in [-0.05, 0) is 84.8 Å². The van der Waals surface area contributed by atoms with Crippen molar-refractivity contribution < 1.29 is 22.7 Å². The van der Waals surface area contributed by atoms with Crippen LogP contribution >= 0.6 is 11.6 Å². The van der Waals surface area contributed by atoms with Gasteiger partial charge in [0.25, 0.3) is 0 Å². The summed E-state index contributed by atoms with van der Waals surface area (Å²) in [5.41, 5.74) is 2.58. The maximum Gasteiger partial charge on any atom is 0.231 e. The molecule has 1 amide bonds. The van der Waals surface area contributed by atoms with E-state index >= 15 is 0 Å². The Hall–Kier alpha value is -2.74. The number of fused-ring (bicyclic) bond motifs is 1.